The van der Waals surface area contributed by atoms with Crippen LogP contribution in [0.15, 0.2) is 76.2 Å². The van der Waals surface area contributed by atoms with Crippen molar-refractivity contribution < 1.29 is 14.1 Å². The minimum Gasteiger partial charge on any atom is -0.493 e. The van der Waals surface area contributed by atoms with Crippen molar-refractivity contribution in [2.45, 2.75) is 25.9 Å². The van der Waals surface area contributed by atoms with E-state index in [4.69, 9.17) is 14.0 Å². The molecule has 2 aromatic carbocycles. The summed E-state index contributed by atoms with van der Waals surface area (Å²) in [5.41, 5.74) is 1.34. The number of halogens is 1. The first-order chi connectivity index (χ1) is 14.3. The van der Waals surface area contributed by atoms with E-state index in [-0.39, 0.29) is 5.16 Å². The molecule has 0 aliphatic rings. The Kier molecular flexibility index (Phi) is 6.79. The molecule has 0 amide bonds. The van der Waals surface area contributed by atoms with Crippen molar-refractivity contribution >= 4 is 40.5 Å². The maximum Gasteiger partial charge on any atom is 0.173 e. The fourth-order valence-corrected chi connectivity index (χ4v) is 6.30. The second kappa shape index (κ2) is 9.15. The number of benzene rings is 2. The van der Waals surface area contributed by atoms with Gasteiger partial charge in [-0.2, -0.15) is 0 Å². The van der Waals surface area contributed by atoms with Gasteiger partial charge in [-0.1, -0.05) is 36.7 Å². The molecule has 0 saturated carbocycles. The lowest BCUT2D eigenvalue weighted by molar-refractivity contribution is 0.112. The predicted octanol–water partition coefficient (Wildman–Crippen LogP) is 6.62. The summed E-state index contributed by atoms with van der Waals surface area (Å²) in [5, 5.41) is 0.630. The van der Waals surface area contributed by atoms with Crippen LogP contribution in [0.25, 0.3) is 0 Å². The summed E-state index contributed by atoms with van der Waals surface area (Å²) in [6.45, 7) is 6.36. The number of aldehydes is 1. The van der Waals surface area contributed by atoms with Crippen LogP contribution in [-0.4, -0.2) is 23.5 Å². The van der Waals surface area contributed by atoms with Crippen LogP contribution in [0.1, 0.15) is 31.1 Å². The third-order valence-electron chi connectivity index (χ3n) is 4.56. The van der Waals surface area contributed by atoms with E-state index in [1.807, 2.05) is 36.4 Å². The van der Waals surface area contributed by atoms with Crippen molar-refractivity contribution in [2.75, 3.05) is 7.11 Å². The zero-order chi connectivity index (χ0) is 21.8. The van der Waals surface area contributed by atoms with Crippen LogP contribution in [0.2, 0.25) is 0 Å². The third-order valence-corrected chi connectivity index (χ3v) is 8.88. The van der Waals surface area contributed by atoms with Crippen LogP contribution in [0.4, 0.5) is 5.69 Å². The predicted molar refractivity (Wildman–Crippen MR) is 126 cm³/mol. The van der Waals surface area contributed by atoms with E-state index in [2.05, 4.69) is 41.7 Å². The summed E-state index contributed by atoms with van der Waals surface area (Å²) in [6, 6.07) is 16.9. The van der Waals surface area contributed by atoms with E-state index in [9.17, 15) is 4.79 Å². The molecule has 0 bridgehead atoms. The van der Waals surface area contributed by atoms with Crippen molar-refractivity contribution in [1.82, 2.24) is 4.98 Å². The Balaban J connectivity index is 2.29. The van der Waals surface area contributed by atoms with E-state index >= 15 is 0 Å². The van der Waals surface area contributed by atoms with Gasteiger partial charge in [0.2, 0.25) is 0 Å². The maximum atomic E-state index is 11.2. The SMILES string of the molecule is COc1cc(C=O)ccc1OP(=Nc1ccc(Br)cc1)(c1ccncc1)C(C)(C)C. The first-order valence-corrected chi connectivity index (χ1v) is 11.9. The quantitative estimate of drug-likeness (QED) is 0.290. The minimum absolute atomic E-state index is 0.338. The molecule has 0 radical (unpaired) electrons. The molecular formula is C23H24BrN2O3P. The Morgan fingerprint density at radius 1 is 1.00 bits per heavy atom. The maximum absolute atomic E-state index is 11.2. The van der Waals surface area contributed by atoms with Crippen LogP contribution in [0.5, 0.6) is 11.5 Å². The smallest absolute Gasteiger partial charge is 0.173 e. The number of hydrogen-bond donors (Lipinski definition) is 0. The van der Waals surface area contributed by atoms with Gasteiger partial charge in [0.05, 0.1) is 12.8 Å². The number of hydrogen-bond acceptors (Lipinski definition) is 5. The molecule has 7 heteroatoms. The number of pyridine rings is 1. The molecule has 30 heavy (non-hydrogen) atoms. The first kappa shape index (κ1) is 22.3. The molecule has 0 saturated heterocycles. The third kappa shape index (κ3) is 4.66. The summed E-state index contributed by atoms with van der Waals surface area (Å²) < 4.78 is 18.5. The average molecular weight is 487 g/mol. The summed E-state index contributed by atoms with van der Waals surface area (Å²) >= 11 is 3.48. The lowest BCUT2D eigenvalue weighted by atomic mass is 10.2. The van der Waals surface area contributed by atoms with Crippen LogP contribution >= 0.6 is 23.2 Å². The monoisotopic (exact) mass is 486 g/mol. The number of carbonyl (C=O) groups excluding carboxylic acids is 1. The zero-order valence-corrected chi connectivity index (χ0v) is 19.9. The molecule has 1 aromatic heterocycles. The van der Waals surface area contributed by atoms with Crippen molar-refractivity contribution in [3.05, 3.63) is 77.0 Å². The highest BCUT2D eigenvalue weighted by Gasteiger charge is 2.39. The van der Waals surface area contributed by atoms with Crippen LogP contribution in [0.3, 0.4) is 0 Å². The van der Waals surface area contributed by atoms with E-state index in [0.717, 1.165) is 21.8 Å². The lowest BCUT2D eigenvalue weighted by Gasteiger charge is -2.37. The van der Waals surface area contributed by atoms with E-state index in [1.54, 1.807) is 37.7 Å². The van der Waals surface area contributed by atoms with Gasteiger partial charge in [0.1, 0.15) is 6.29 Å². The van der Waals surface area contributed by atoms with Gasteiger partial charge in [-0.15, -0.1) is 0 Å². The highest BCUT2D eigenvalue weighted by molar-refractivity contribution is 9.10. The molecule has 0 N–H and O–H groups in total. The number of ether oxygens (including phenoxy) is 1. The van der Waals surface area contributed by atoms with Crippen LogP contribution < -0.4 is 14.6 Å². The second-order valence-electron chi connectivity index (χ2n) is 7.65. The van der Waals surface area contributed by atoms with Gasteiger partial charge in [0.15, 0.2) is 18.8 Å². The van der Waals surface area contributed by atoms with Crippen molar-refractivity contribution in [3.8, 4) is 11.5 Å². The Labute approximate surface area is 185 Å². The topological polar surface area (TPSA) is 60.8 Å². The molecule has 156 valence electrons. The van der Waals surface area contributed by atoms with Gasteiger partial charge in [0.25, 0.3) is 0 Å². The molecule has 0 spiro atoms. The number of nitrogens with zero attached hydrogens (tertiary/aromatic N) is 2. The molecule has 1 heterocycles. The van der Waals surface area contributed by atoms with Gasteiger partial charge < -0.3 is 9.26 Å². The fraction of sp³-hybridized carbons (Fsp3) is 0.217. The van der Waals surface area contributed by atoms with Gasteiger partial charge in [-0.05, 0) is 54.6 Å². The van der Waals surface area contributed by atoms with Crippen molar-refractivity contribution in [3.63, 3.8) is 0 Å². The Bertz CT molecular complexity index is 1080. The number of rotatable bonds is 6. The normalized spacial score (nSPS) is 13.2. The standard InChI is InChI=1S/C23H24BrN2O3P/c1-23(2,3)30(20-11-13-25-14-12-20,26-19-8-6-18(24)7-9-19)29-21-10-5-17(16-27)15-22(21)28-4/h5-16H,1-4H3. The summed E-state index contributed by atoms with van der Waals surface area (Å²) in [5.74, 6) is 1.04. The highest BCUT2D eigenvalue weighted by Crippen LogP contribution is 2.62. The van der Waals surface area contributed by atoms with Gasteiger partial charge in [-0.3, -0.25) is 9.78 Å². The molecule has 1 unspecified atom stereocenters. The molecule has 3 rings (SSSR count). The molecular weight excluding hydrogens is 463 g/mol. The summed E-state index contributed by atoms with van der Waals surface area (Å²) in [6.07, 6.45) is 4.29. The molecule has 5 nitrogen and oxygen atoms in total. The van der Waals surface area contributed by atoms with E-state index in [1.165, 1.54) is 0 Å². The van der Waals surface area contributed by atoms with Crippen LogP contribution in [-0.2, 0) is 0 Å². The largest absolute Gasteiger partial charge is 0.493 e. The van der Waals surface area contributed by atoms with Crippen molar-refractivity contribution in [1.29, 1.82) is 0 Å². The van der Waals surface area contributed by atoms with E-state index in [0.29, 0.717) is 17.1 Å². The van der Waals surface area contributed by atoms with Crippen molar-refractivity contribution in [2.24, 2.45) is 4.74 Å². The van der Waals surface area contributed by atoms with Gasteiger partial charge >= 0.3 is 0 Å². The summed E-state index contributed by atoms with van der Waals surface area (Å²) in [7, 11) is -1.09. The summed E-state index contributed by atoms with van der Waals surface area (Å²) in [4.78, 5) is 15.4. The zero-order valence-electron chi connectivity index (χ0n) is 17.4. The molecule has 1 atom stereocenters. The fourth-order valence-electron chi connectivity index (χ4n) is 3.00. The Hall–Kier alpha value is -2.43. The molecule has 3 aromatic rings. The number of carbonyl (C=O) groups is 1. The average Bonchev–Trinajstić information content (AvgIpc) is 2.74. The number of aromatic nitrogens is 1. The Morgan fingerprint density at radius 3 is 2.23 bits per heavy atom. The van der Waals surface area contributed by atoms with Gasteiger partial charge in [0, 0.05) is 32.9 Å². The molecule has 0 fully saturated rings. The lowest BCUT2D eigenvalue weighted by Crippen LogP contribution is -2.27. The van der Waals surface area contributed by atoms with Gasteiger partial charge in [-0.25, -0.2) is 4.74 Å². The Morgan fingerprint density at radius 2 is 1.67 bits per heavy atom. The second-order valence-corrected chi connectivity index (χ2v) is 12.0. The first-order valence-electron chi connectivity index (χ1n) is 9.40. The highest BCUT2D eigenvalue weighted by atomic mass is 79.9. The molecule has 0 aliphatic carbocycles. The van der Waals surface area contributed by atoms with Crippen LogP contribution in [0, 0.1) is 0 Å². The number of methoxy groups -OCH3 is 1. The minimum atomic E-state index is -2.65. The van der Waals surface area contributed by atoms with E-state index < -0.39 is 7.28 Å². The molecule has 0 aliphatic heterocycles.